The Morgan fingerprint density at radius 2 is 1.84 bits per heavy atom. The van der Waals surface area contributed by atoms with Crippen LogP contribution >= 0.6 is 33.9 Å². The lowest BCUT2D eigenvalue weighted by Crippen LogP contribution is -2.40. The number of ether oxygens (including phenoxy) is 2. The van der Waals surface area contributed by atoms with Crippen molar-refractivity contribution >= 4 is 51.7 Å². The predicted octanol–water partition coefficient (Wildman–Crippen LogP) is 4.55. The van der Waals surface area contributed by atoms with E-state index in [1.807, 2.05) is 84.9 Å². The van der Waals surface area contributed by atoms with E-state index < -0.39 is 12.0 Å². The number of benzene rings is 3. The number of nitrogens with zero attached hydrogens (tertiary/aromatic N) is 2. The molecule has 37 heavy (non-hydrogen) atoms. The summed E-state index contributed by atoms with van der Waals surface area (Å²) in [7, 11) is 1.59. The van der Waals surface area contributed by atoms with E-state index >= 15 is 0 Å². The summed E-state index contributed by atoms with van der Waals surface area (Å²) >= 11 is 3.55. The highest BCUT2D eigenvalue weighted by Crippen LogP contribution is 2.36. The van der Waals surface area contributed by atoms with Gasteiger partial charge >= 0.3 is 5.97 Å². The highest BCUT2D eigenvalue weighted by Gasteiger charge is 2.35. The van der Waals surface area contributed by atoms with Crippen molar-refractivity contribution in [2.24, 2.45) is 4.99 Å². The topological polar surface area (TPSA) is 69.9 Å². The number of esters is 1. The van der Waals surface area contributed by atoms with Crippen molar-refractivity contribution in [1.29, 1.82) is 0 Å². The summed E-state index contributed by atoms with van der Waals surface area (Å²) in [6, 6.07) is 24.1. The van der Waals surface area contributed by atoms with E-state index in [4.69, 9.17) is 14.5 Å². The zero-order chi connectivity index (χ0) is 25.9. The summed E-state index contributed by atoms with van der Waals surface area (Å²) in [5.74, 6) is 0.116. The van der Waals surface area contributed by atoms with E-state index in [-0.39, 0.29) is 12.2 Å². The van der Waals surface area contributed by atoms with Crippen molar-refractivity contribution in [2.45, 2.75) is 13.0 Å². The molecule has 1 aliphatic rings. The van der Waals surface area contributed by atoms with Crippen LogP contribution in [0.5, 0.6) is 5.75 Å². The Morgan fingerprint density at radius 1 is 1.08 bits per heavy atom. The van der Waals surface area contributed by atoms with E-state index in [0.29, 0.717) is 26.4 Å². The summed E-state index contributed by atoms with van der Waals surface area (Å²) in [5, 5.41) is 0. The van der Waals surface area contributed by atoms with Gasteiger partial charge in [-0.3, -0.25) is 9.36 Å². The third-order valence-electron chi connectivity index (χ3n) is 5.95. The van der Waals surface area contributed by atoms with E-state index in [9.17, 15) is 9.59 Å². The lowest BCUT2D eigenvalue weighted by molar-refractivity contribution is -0.138. The van der Waals surface area contributed by atoms with E-state index in [1.165, 1.54) is 11.3 Å². The van der Waals surface area contributed by atoms with Crippen LogP contribution in [-0.2, 0) is 9.53 Å². The number of methoxy groups -OCH3 is 1. The van der Waals surface area contributed by atoms with Gasteiger partial charge in [-0.25, -0.2) is 9.79 Å². The second-order valence-corrected chi connectivity index (χ2v) is 10.5. The first-order valence-corrected chi connectivity index (χ1v) is 13.6. The normalized spacial score (nSPS) is 15.2. The lowest BCUT2D eigenvalue weighted by Gasteiger charge is -2.26. The van der Waals surface area contributed by atoms with Gasteiger partial charge in [-0.1, -0.05) is 65.9 Å². The highest BCUT2D eigenvalue weighted by atomic mass is 127. The number of aromatic nitrogens is 1. The van der Waals surface area contributed by atoms with Gasteiger partial charge in [0.1, 0.15) is 5.75 Å². The number of rotatable bonds is 6. The molecule has 0 unspecified atom stereocenters. The molecule has 1 atom stereocenters. The maximum atomic E-state index is 13.9. The molecule has 0 saturated heterocycles. The van der Waals surface area contributed by atoms with Crippen LogP contribution in [0.3, 0.4) is 0 Å². The van der Waals surface area contributed by atoms with Crippen molar-refractivity contribution < 1.29 is 14.3 Å². The minimum Gasteiger partial charge on any atom is -0.497 e. The van der Waals surface area contributed by atoms with Gasteiger partial charge in [0.2, 0.25) is 0 Å². The number of carbonyl (C=O) groups excluding carboxylic acids is 1. The number of fused-ring (bicyclic) bond motifs is 1. The lowest BCUT2D eigenvalue weighted by atomic mass is 9.93. The molecular formula is C29H23IN2O4S. The molecule has 6 nitrogen and oxygen atoms in total. The van der Waals surface area contributed by atoms with Crippen LogP contribution in [0.2, 0.25) is 0 Å². The number of hydrogen-bond acceptors (Lipinski definition) is 6. The molecule has 8 heteroatoms. The minimum absolute atomic E-state index is 0.201. The summed E-state index contributed by atoms with van der Waals surface area (Å²) in [6.45, 7) is 1.96. The molecule has 0 amide bonds. The van der Waals surface area contributed by atoms with Crippen molar-refractivity contribution in [3.8, 4) is 5.75 Å². The summed E-state index contributed by atoms with van der Waals surface area (Å²) in [6.07, 6.45) is 1.86. The molecule has 3 aromatic carbocycles. The van der Waals surface area contributed by atoms with Gasteiger partial charge in [0.15, 0.2) is 4.80 Å². The van der Waals surface area contributed by atoms with E-state index in [0.717, 1.165) is 20.3 Å². The molecule has 5 rings (SSSR count). The molecule has 1 aliphatic heterocycles. The second-order valence-electron chi connectivity index (χ2n) is 8.26. The molecule has 0 spiro atoms. The molecule has 2 heterocycles. The maximum Gasteiger partial charge on any atom is 0.338 e. The van der Waals surface area contributed by atoms with Crippen LogP contribution < -0.4 is 19.6 Å². The molecule has 186 valence electrons. The fourth-order valence-electron chi connectivity index (χ4n) is 4.28. The Morgan fingerprint density at radius 3 is 2.54 bits per heavy atom. The van der Waals surface area contributed by atoms with Gasteiger partial charge in [0, 0.05) is 9.13 Å². The van der Waals surface area contributed by atoms with E-state index in [2.05, 4.69) is 22.6 Å². The third kappa shape index (κ3) is 5.03. The third-order valence-corrected chi connectivity index (χ3v) is 7.65. The quantitative estimate of drug-likeness (QED) is 0.234. The summed E-state index contributed by atoms with van der Waals surface area (Å²) in [5.41, 5.74) is 3.00. The van der Waals surface area contributed by atoms with Gasteiger partial charge in [-0.15, -0.1) is 0 Å². The van der Waals surface area contributed by atoms with Gasteiger partial charge in [0.25, 0.3) is 5.56 Å². The summed E-state index contributed by atoms with van der Waals surface area (Å²) < 4.78 is 14.2. The number of thiazole rings is 1. The molecular weight excluding hydrogens is 599 g/mol. The van der Waals surface area contributed by atoms with Crippen molar-refractivity contribution in [3.05, 3.63) is 124 Å². The highest BCUT2D eigenvalue weighted by molar-refractivity contribution is 14.1. The summed E-state index contributed by atoms with van der Waals surface area (Å²) in [4.78, 5) is 32.7. The molecule has 0 N–H and O–H groups in total. The molecule has 0 fully saturated rings. The van der Waals surface area contributed by atoms with Crippen LogP contribution in [0.1, 0.15) is 29.7 Å². The standard InChI is InChI=1S/C29H23IN2O4S/c1-3-36-28(34)24-25(19-8-5-4-6-9-19)31-29-32(26(24)20-10-7-11-22(17-20)35-2)27(33)23(37-29)16-18-12-14-21(30)15-13-18/h4-17,26H,3H2,1-2H3/b23-16-/t26-/m0/s1. The van der Waals surface area contributed by atoms with Crippen LogP contribution in [0.4, 0.5) is 0 Å². The number of halogens is 1. The van der Waals surface area contributed by atoms with Crippen molar-refractivity contribution in [2.75, 3.05) is 13.7 Å². The van der Waals surface area contributed by atoms with Gasteiger partial charge in [-0.2, -0.15) is 0 Å². The number of hydrogen-bond donors (Lipinski definition) is 0. The fourth-order valence-corrected chi connectivity index (χ4v) is 5.64. The zero-order valence-corrected chi connectivity index (χ0v) is 23.2. The Labute approximate surface area is 231 Å². The van der Waals surface area contributed by atoms with Gasteiger partial charge in [0.05, 0.1) is 35.6 Å². The van der Waals surface area contributed by atoms with Crippen LogP contribution in [0.15, 0.2) is 94.2 Å². The molecule has 0 saturated carbocycles. The van der Waals surface area contributed by atoms with Crippen LogP contribution in [-0.4, -0.2) is 24.3 Å². The number of carbonyl (C=O) groups is 1. The maximum absolute atomic E-state index is 13.9. The Bertz CT molecular complexity index is 1670. The first kappa shape index (κ1) is 25.2. The molecule has 0 bridgehead atoms. The van der Waals surface area contributed by atoms with Gasteiger partial charge in [-0.05, 0) is 71.0 Å². The first-order chi connectivity index (χ1) is 18.0. The molecule has 4 aromatic rings. The van der Waals surface area contributed by atoms with Crippen LogP contribution in [0, 0.1) is 3.57 Å². The SMILES string of the molecule is CCOC(=O)C1=C(c2ccccc2)N=c2s/c(=C\c3ccc(I)cc3)c(=O)n2[C@H]1c1cccc(OC)c1. The Kier molecular flexibility index (Phi) is 7.38. The predicted molar refractivity (Wildman–Crippen MR) is 153 cm³/mol. The largest absolute Gasteiger partial charge is 0.497 e. The molecule has 0 radical (unpaired) electrons. The minimum atomic E-state index is -0.737. The van der Waals surface area contributed by atoms with Crippen molar-refractivity contribution in [1.82, 2.24) is 4.57 Å². The molecule has 1 aromatic heterocycles. The van der Waals surface area contributed by atoms with E-state index in [1.54, 1.807) is 18.6 Å². The Balaban J connectivity index is 1.83. The smallest absolute Gasteiger partial charge is 0.338 e. The van der Waals surface area contributed by atoms with Crippen molar-refractivity contribution in [3.63, 3.8) is 0 Å². The Hall–Kier alpha value is -3.50. The monoisotopic (exact) mass is 622 g/mol. The second kappa shape index (κ2) is 10.9. The average molecular weight is 622 g/mol. The first-order valence-electron chi connectivity index (χ1n) is 11.7. The van der Waals surface area contributed by atoms with Gasteiger partial charge < -0.3 is 9.47 Å². The zero-order valence-electron chi connectivity index (χ0n) is 20.2. The fraction of sp³-hybridized carbons (Fsp3) is 0.138. The van der Waals surface area contributed by atoms with Crippen LogP contribution in [0.25, 0.3) is 11.8 Å². The molecule has 0 aliphatic carbocycles. The average Bonchev–Trinajstić information content (AvgIpc) is 3.24.